The number of carboxylic acids is 1. The number of carboxylic acid groups (broad SMARTS) is 1. The van der Waals surface area contributed by atoms with E-state index in [-0.39, 0.29) is 5.75 Å². The highest BCUT2D eigenvalue weighted by molar-refractivity contribution is 5.96. The summed E-state index contributed by atoms with van der Waals surface area (Å²) < 4.78 is 10.5. The highest BCUT2D eigenvalue weighted by Crippen LogP contribution is 2.20. The number of amides is 1. The molecule has 8 nitrogen and oxygen atoms in total. The molecule has 0 bridgehead atoms. The van der Waals surface area contributed by atoms with Crippen LogP contribution in [0.2, 0.25) is 0 Å². The summed E-state index contributed by atoms with van der Waals surface area (Å²) in [5.41, 5.74) is 1.39. The van der Waals surface area contributed by atoms with E-state index >= 15 is 0 Å². The molecule has 0 aliphatic carbocycles. The Bertz CT molecular complexity index is 819. The fraction of sp³-hybridized carbons (Fsp3) is 0.300. The predicted octanol–water partition coefficient (Wildman–Crippen LogP) is 1.32. The van der Waals surface area contributed by atoms with Crippen molar-refractivity contribution in [2.45, 2.75) is 6.23 Å². The van der Waals surface area contributed by atoms with E-state index in [9.17, 15) is 14.7 Å². The summed E-state index contributed by atoms with van der Waals surface area (Å²) in [5.74, 6) is -1.02. The lowest BCUT2D eigenvalue weighted by atomic mass is 10.1. The number of nitrogens with one attached hydrogen (secondary N) is 2. The molecule has 1 aliphatic heterocycles. The summed E-state index contributed by atoms with van der Waals surface area (Å²) in [6, 6.07) is 13.6. The molecule has 0 radical (unpaired) electrons. The van der Waals surface area contributed by atoms with Crippen LogP contribution in [0.15, 0.2) is 48.5 Å². The average molecular weight is 385 g/mol. The van der Waals surface area contributed by atoms with Gasteiger partial charge in [-0.05, 0) is 36.4 Å². The fourth-order valence-corrected chi connectivity index (χ4v) is 2.90. The SMILES string of the molecule is COc1cccc(OC(NC(=O)c2ccc(N3CCNCC3)cc2)C(=O)O)c1. The van der Waals surface area contributed by atoms with Gasteiger partial charge in [0.2, 0.25) is 0 Å². The van der Waals surface area contributed by atoms with Gasteiger partial charge in [-0.25, -0.2) is 4.79 Å². The second-order valence-electron chi connectivity index (χ2n) is 6.27. The number of hydrogen-bond donors (Lipinski definition) is 3. The van der Waals surface area contributed by atoms with Crippen LogP contribution in [-0.4, -0.2) is 56.5 Å². The molecule has 1 fully saturated rings. The minimum atomic E-state index is -1.52. The quantitative estimate of drug-likeness (QED) is 0.618. The van der Waals surface area contributed by atoms with Gasteiger partial charge in [0, 0.05) is 43.5 Å². The van der Waals surface area contributed by atoms with Gasteiger partial charge in [0.15, 0.2) is 0 Å². The summed E-state index contributed by atoms with van der Waals surface area (Å²) in [7, 11) is 1.50. The van der Waals surface area contributed by atoms with Crippen molar-refractivity contribution in [2.75, 3.05) is 38.2 Å². The third-order valence-corrected chi connectivity index (χ3v) is 4.39. The molecular weight excluding hydrogens is 362 g/mol. The van der Waals surface area contributed by atoms with Gasteiger partial charge in [0.05, 0.1) is 7.11 Å². The maximum absolute atomic E-state index is 12.5. The highest BCUT2D eigenvalue weighted by Gasteiger charge is 2.23. The number of rotatable bonds is 7. The minimum absolute atomic E-state index is 0.279. The first-order valence-electron chi connectivity index (χ1n) is 8.97. The Kier molecular flexibility index (Phi) is 6.33. The highest BCUT2D eigenvalue weighted by atomic mass is 16.5. The van der Waals surface area contributed by atoms with Crippen molar-refractivity contribution < 1.29 is 24.2 Å². The first-order valence-corrected chi connectivity index (χ1v) is 8.97. The number of carbonyl (C=O) groups is 2. The Hall–Kier alpha value is -3.26. The van der Waals surface area contributed by atoms with E-state index in [4.69, 9.17) is 9.47 Å². The molecule has 1 unspecified atom stereocenters. The Morgan fingerprint density at radius 2 is 1.79 bits per heavy atom. The second-order valence-corrected chi connectivity index (χ2v) is 6.27. The first-order chi connectivity index (χ1) is 13.6. The van der Waals surface area contributed by atoms with Gasteiger partial charge < -0.3 is 30.1 Å². The molecule has 3 N–H and O–H groups in total. The van der Waals surface area contributed by atoms with Crippen LogP contribution in [0, 0.1) is 0 Å². The third kappa shape index (κ3) is 4.92. The van der Waals surface area contributed by atoms with Crippen LogP contribution < -0.4 is 25.0 Å². The first kappa shape index (κ1) is 19.5. The number of nitrogens with zero attached hydrogens (tertiary/aromatic N) is 1. The standard InChI is InChI=1S/C20H23N3O5/c1-27-16-3-2-4-17(13-16)28-19(20(25)26)22-18(24)14-5-7-15(8-6-14)23-11-9-21-10-12-23/h2-8,13,19,21H,9-12H2,1H3,(H,22,24)(H,25,26). The fourth-order valence-electron chi connectivity index (χ4n) is 2.90. The molecule has 1 amide bonds. The molecule has 1 aliphatic rings. The van der Waals surface area contributed by atoms with Gasteiger partial charge in [0.1, 0.15) is 11.5 Å². The van der Waals surface area contributed by atoms with Crippen LogP contribution in [0.1, 0.15) is 10.4 Å². The van der Waals surface area contributed by atoms with Gasteiger partial charge in [-0.15, -0.1) is 0 Å². The van der Waals surface area contributed by atoms with Crippen molar-refractivity contribution in [1.29, 1.82) is 0 Å². The summed E-state index contributed by atoms with van der Waals surface area (Å²) in [6.07, 6.45) is -1.52. The number of benzene rings is 2. The van der Waals surface area contributed by atoms with Gasteiger partial charge in [-0.2, -0.15) is 0 Å². The lowest BCUT2D eigenvalue weighted by Crippen LogP contribution is -2.45. The number of methoxy groups -OCH3 is 1. The molecule has 8 heteroatoms. The number of carbonyl (C=O) groups excluding carboxylic acids is 1. The normalized spacial score (nSPS) is 14.8. The van der Waals surface area contributed by atoms with E-state index in [0.29, 0.717) is 11.3 Å². The molecule has 2 aromatic rings. The maximum atomic E-state index is 12.5. The Morgan fingerprint density at radius 3 is 2.43 bits per heavy atom. The Balaban J connectivity index is 1.65. The average Bonchev–Trinajstić information content (AvgIpc) is 2.74. The molecule has 0 saturated carbocycles. The summed E-state index contributed by atoms with van der Waals surface area (Å²) in [5, 5.41) is 15.1. The van der Waals surface area contributed by atoms with Crippen LogP contribution in [0.3, 0.4) is 0 Å². The van der Waals surface area contributed by atoms with E-state index in [0.717, 1.165) is 31.9 Å². The molecule has 28 heavy (non-hydrogen) atoms. The molecule has 2 aromatic carbocycles. The van der Waals surface area contributed by atoms with Crippen molar-refractivity contribution in [3.8, 4) is 11.5 Å². The molecular formula is C20H23N3O5. The Labute approximate surface area is 163 Å². The van der Waals surface area contributed by atoms with Crippen molar-refractivity contribution >= 4 is 17.6 Å². The van der Waals surface area contributed by atoms with Crippen LogP contribution in [0.5, 0.6) is 11.5 Å². The smallest absolute Gasteiger partial charge is 0.366 e. The summed E-state index contributed by atoms with van der Waals surface area (Å²) in [4.78, 5) is 26.2. The molecule has 1 saturated heterocycles. The third-order valence-electron chi connectivity index (χ3n) is 4.39. The van der Waals surface area contributed by atoms with Gasteiger partial charge >= 0.3 is 5.97 Å². The molecule has 148 valence electrons. The molecule has 1 atom stereocenters. The lowest BCUT2D eigenvalue weighted by Gasteiger charge is -2.29. The van der Waals surface area contributed by atoms with Gasteiger partial charge in [-0.3, -0.25) is 4.79 Å². The van der Waals surface area contributed by atoms with Crippen molar-refractivity contribution in [2.24, 2.45) is 0 Å². The topological polar surface area (TPSA) is 100 Å². The Morgan fingerprint density at radius 1 is 1.11 bits per heavy atom. The number of piperazine rings is 1. The maximum Gasteiger partial charge on any atom is 0.366 e. The van der Waals surface area contributed by atoms with E-state index < -0.39 is 18.1 Å². The number of ether oxygens (including phenoxy) is 2. The van der Waals surface area contributed by atoms with Crippen LogP contribution in [-0.2, 0) is 4.79 Å². The van der Waals surface area contributed by atoms with Gasteiger partial charge in [-0.1, -0.05) is 6.07 Å². The van der Waals surface area contributed by atoms with E-state index in [2.05, 4.69) is 15.5 Å². The van der Waals surface area contributed by atoms with Crippen molar-refractivity contribution in [3.05, 3.63) is 54.1 Å². The zero-order valence-electron chi connectivity index (χ0n) is 15.6. The number of anilines is 1. The zero-order chi connectivity index (χ0) is 19.9. The number of aliphatic carboxylic acids is 1. The van der Waals surface area contributed by atoms with E-state index in [1.54, 1.807) is 36.4 Å². The van der Waals surface area contributed by atoms with E-state index in [1.165, 1.54) is 7.11 Å². The minimum Gasteiger partial charge on any atom is -0.497 e. The monoisotopic (exact) mass is 385 g/mol. The molecule has 0 aromatic heterocycles. The largest absolute Gasteiger partial charge is 0.497 e. The van der Waals surface area contributed by atoms with Gasteiger partial charge in [0.25, 0.3) is 12.1 Å². The van der Waals surface area contributed by atoms with E-state index in [1.807, 2.05) is 12.1 Å². The van der Waals surface area contributed by atoms with Crippen LogP contribution in [0.4, 0.5) is 5.69 Å². The predicted molar refractivity (Wildman–Crippen MR) is 104 cm³/mol. The lowest BCUT2D eigenvalue weighted by molar-refractivity contribution is -0.146. The molecule has 3 rings (SSSR count). The van der Waals surface area contributed by atoms with Crippen molar-refractivity contribution in [3.63, 3.8) is 0 Å². The van der Waals surface area contributed by atoms with Crippen molar-refractivity contribution in [1.82, 2.24) is 10.6 Å². The van der Waals surface area contributed by atoms with Crippen LogP contribution >= 0.6 is 0 Å². The van der Waals surface area contributed by atoms with Crippen LogP contribution in [0.25, 0.3) is 0 Å². The number of hydrogen-bond acceptors (Lipinski definition) is 6. The summed E-state index contributed by atoms with van der Waals surface area (Å²) >= 11 is 0. The second kappa shape index (κ2) is 9.09. The molecule has 0 spiro atoms. The zero-order valence-corrected chi connectivity index (χ0v) is 15.6. The molecule has 1 heterocycles. The summed E-state index contributed by atoms with van der Waals surface area (Å²) in [6.45, 7) is 3.65.